The quantitative estimate of drug-likeness (QED) is 0.834. The van der Waals surface area contributed by atoms with Crippen molar-refractivity contribution in [2.75, 3.05) is 6.61 Å². The third-order valence-corrected chi connectivity index (χ3v) is 1.97. The number of halogens is 5. The van der Waals surface area contributed by atoms with Crippen molar-refractivity contribution < 1.29 is 27.4 Å². The predicted octanol–water partition coefficient (Wildman–Crippen LogP) is 2.01. The molecule has 0 saturated carbocycles. The van der Waals surface area contributed by atoms with E-state index in [-0.39, 0.29) is 31.0 Å². The molecule has 18 heavy (non-hydrogen) atoms. The molecule has 0 aliphatic carbocycles. The van der Waals surface area contributed by atoms with Crippen LogP contribution in [0.3, 0.4) is 0 Å². The molecule has 0 aliphatic rings. The zero-order valence-electron chi connectivity index (χ0n) is 9.08. The Morgan fingerprint density at radius 2 is 1.94 bits per heavy atom. The lowest BCUT2D eigenvalue weighted by molar-refractivity contribution is -0.274. The summed E-state index contributed by atoms with van der Waals surface area (Å²) in [5, 5.41) is 8.68. The second kappa shape index (κ2) is 6.77. The van der Waals surface area contributed by atoms with Crippen molar-refractivity contribution in [3.8, 4) is 5.75 Å². The van der Waals surface area contributed by atoms with Gasteiger partial charge in [-0.15, -0.1) is 25.6 Å². The fraction of sp³-hybridized carbons (Fsp3) is 0.400. The van der Waals surface area contributed by atoms with Gasteiger partial charge in [-0.2, -0.15) is 0 Å². The topological polar surface area (TPSA) is 55.5 Å². The Morgan fingerprint density at radius 3 is 2.44 bits per heavy atom. The normalized spacial score (nSPS) is 12.8. The molecule has 8 heteroatoms. The summed E-state index contributed by atoms with van der Waals surface area (Å²) in [7, 11) is 0. The van der Waals surface area contributed by atoms with Crippen LogP contribution in [-0.2, 0) is 6.42 Å². The van der Waals surface area contributed by atoms with Crippen molar-refractivity contribution in [2.24, 2.45) is 5.73 Å². The van der Waals surface area contributed by atoms with E-state index in [9.17, 15) is 17.6 Å². The summed E-state index contributed by atoms with van der Waals surface area (Å²) < 4.78 is 52.6. The summed E-state index contributed by atoms with van der Waals surface area (Å²) in [5.74, 6) is -1.21. The molecule has 104 valence electrons. The fourth-order valence-electron chi connectivity index (χ4n) is 1.25. The van der Waals surface area contributed by atoms with E-state index in [2.05, 4.69) is 4.74 Å². The van der Waals surface area contributed by atoms with Crippen LogP contribution in [0.25, 0.3) is 0 Å². The molecule has 3 nitrogen and oxygen atoms in total. The predicted molar refractivity (Wildman–Crippen MR) is 59.1 cm³/mol. The molecule has 1 atom stereocenters. The van der Waals surface area contributed by atoms with Gasteiger partial charge in [0.15, 0.2) is 0 Å². The number of hydrogen-bond donors (Lipinski definition) is 2. The van der Waals surface area contributed by atoms with E-state index in [0.29, 0.717) is 0 Å². The molecule has 0 heterocycles. The van der Waals surface area contributed by atoms with E-state index in [4.69, 9.17) is 10.8 Å². The van der Waals surface area contributed by atoms with Crippen LogP contribution in [0.15, 0.2) is 18.2 Å². The number of aliphatic hydroxyl groups excluding tert-OH is 1. The standard InChI is InChI=1S/C10H11F4NO2.ClH/c11-9-2-1-8(17-10(12,13)14)4-6(9)3-7(15)5-16;/h1-2,4,7,16H,3,5,15H2;1H. The van der Waals surface area contributed by atoms with Gasteiger partial charge in [0.25, 0.3) is 0 Å². The van der Waals surface area contributed by atoms with E-state index < -0.39 is 24.0 Å². The highest BCUT2D eigenvalue weighted by Crippen LogP contribution is 2.25. The summed E-state index contributed by atoms with van der Waals surface area (Å²) >= 11 is 0. The lowest BCUT2D eigenvalue weighted by Crippen LogP contribution is -2.27. The van der Waals surface area contributed by atoms with Gasteiger partial charge in [0.05, 0.1) is 6.61 Å². The molecule has 0 aliphatic heterocycles. The molecule has 0 aromatic heterocycles. The van der Waals surface area contributed by atoms with Crippen LogP contribution in [0.2, 0.25) is 0 Å². The molecular weight excluding hydrogens is 278 g/mol. The van der Waals surface area contributed by atoms with Gasteiger partial charge in [0, 0.05) is 6.04 Å². The number of nitrogens with two attached hydrogens (primary N) is 1. The molecule has 0 bridgehead atoms. The highest BCUT2D eigenvalue weighted by Gasteiger charge is 2.31. The van der Waals surface area contributed by atoms with Gasteiger partial charge < -0.3 is 15.6 Å². The van der Waals surface area contributed by atoms with Crippen LogP contribution < -0.4 is 10.5 Å². The van der Waals surface area contributed by atoms with Crippen LogP contribution in [0.1, 0.15) is 5.56 Å². The fourth-order valence-corrected chi connectivity index (χ4v) is 1.25. The van der Waals surface area contributed by atoms with Gasteiger partial charge >= 0.3 is 6.36 Å². The average molecular weight is 290 g/mol. The molecule has 0 fully saturated rings. The van der Waals surface area contributed by atoms with Crippen LogP contribution in [-0.4, -0.2) is 24.1 Å². The van der Waals surface area contributed by atoms with Crippen molar-refractivity contribution in [1.29, 1.82) is 0 Å². The number of benzene rings is 1. The first-order chi connectivity index (χ1) is 7.81. The van der Waals surface area contributed by atoms with Gasteiger partial charge in [-0.25, -0.2) is 4.39 Å². The summed E-state index contributed by atoms with van der Waals surface area (Å²) in [6, 6.07) is 1.92. The molecule has 0 radical (unpaired) electrons. The smallest absolute Gasteiger partial charge is 0.406 e. The Kier molecular flexibility index (Phi) is 6.37. The van der Waals surface area contributed by atoms with Crippen molar-refractivity contribution in [2.45, 2.75) is 18.8 Å². The van der Waals surface area contributed by atoms with Crippen molar-refractivity contribution in [1.82, 2.24) is 0 Å². The monoisotopic (exact) mass is 289 g/mol. The number of ether oxygens (including phenoxy) is 1. The lowest BCUT2D eigenvalue weighted by atomic mass is 10.1. The minimum absolute atomic E-state index is 0. The first-order valence-electron chi connectivity index (χ1n) is 4.72. The molecule has 3 N–H and O–H groups in total. The highest BCUT2D eigenvalue weighted by molar-refractivity contribution is 5.85. The summed E-state index contributed by atoms with van der Waals surface area (Å²) in [5.41, 5.74) is 5.34. The number of hydrogen-bond acceptors (Lipinski definition) is 3. The van der Waals surface area contributed by atoms with Crippen LogP contribution in [0, 0.1) is 5.82 Å². The molecule has 0 amide bonds. The maximum Gasteiger partial charge on any atom is 0.573 e. The van der Waals surface area contributed by atoms with E-state index in [0.717, 1.165) is 18.2 Å². The highest BCUT2D eigenvalue weighted by atomic mass is 35.5. The average Bonchev–Trinajstić information content (AvgIpc) is 2.20. The van der Waals surface area contributed by atoms with Gasteiger partial charge in [0.1, 0.15) is 11.6 Å². The number of rotatable bonds is 4. The zero-order valence-corrected chi connectivity index (χ0v) is 9.89. The largest absolute Gasteiger partial charge is 0.573 e. The van der Waals surface area contributed by atoms with Crippen molar-refractivity contribution >= 4 is 12.4 Å². The van der Waals surface area contributed by atoms with Gasteiger partial charge in [-0.05, 0) is 30.2 Å². The van der Waals surface area contributed by atoms with E-state index in [1.165, 1.54) is 0 Å². The summed E-state index contributed by atoms with van der Waals surface area (Å²) in [6.07, 6.45) is -4.90. The molecule has 1 aromatic rings. The summed E-state index contributed by atoms with van der Waals surface area (Å²) in [4.78, 5) is 0. The second-order valence-corrected chi connectivity index (χ2v) is 3.45. The lowest BCUT2D eigenvalue weighted by Gasteiger charge is -2.12. The maximum atomic E-state index is 13.2. The van der Waals surface area contributed by atoms with Crippen molar-refractivity contribution in [3.63, 3.8) is 0 Å². The Labute approximate surface area is 107 Å². The van der Waals surface area contributed by atoms with Gasteiger partial charge in [0.2, 0.25) is 0 Å². The first-order valence-corrected chi connectivity index (χ1v) is 4.72. The molecular formula is C10H12ClF4NO2. The summed E-state index contributed by atoms with van der Waals surface area (Å²) in [6.45, 7) is -0.385. The minimum atomic E-state index is -4.83. The Bertz CT molecular complexity index is 387. The Hall–Kier alpha value is -1.05. The molecule has 1 aromatic carbocycles. The Balaban J connectivity index is 0.00000289. The van der Waals surface area contributed by atoms with E-state index >= 15 is 0 Å². The van der Waals surface area contributed by atoms with Crippen molar-refractivity contribution in [3.05, 3.63) is 29.6 Å². The van der Waals surface area contributed by atoms with Crippen LogP contribution >= 0.6 is 12.4 Å². The van der Waals surface area contributed by atoms with Crippen LogP contribution in [0.5, 0.6) is 5.75 Å². The molecule has 1 unspecified atom stereocenters. The third-order valence-electron chi connectivity index (χ3n) is 1.97. The number of alkyl halides is 3. The zero-order chi connectivity index (χ0) is 13.1. The van der Waals surface area contributed by atoms with Gasteiger partial charge in [-0.1, -0.05) is 0 Å². The first kappa shape index (κ1) is 16.9. The molecule has 0 saturated heterocycles. The molecule has 1 rings (SSSR count). The Morgan fingerprint density at radius 1 is 1.33 bits per heavy atom. The molecule has 0 spiro atoms. The van der Waals surface area contributed by atoms with Gasteiger partial charge in [-0.3, -0.25) is 0 Å². The SMILES string of the molecule is Cl.NC(CO)Cc1cc(OC(F)(F)F)ccc1F. The van der Waals surface area contributed by atoms with E-state index in [1.54, 1.807) is 0 Å². The number of aliphatic hydroxyl groups is 1. The third kappa shape index (κ3) is 5.52. The minimum Gasteiger partial charge on any atom is -0.406 e. The van der Waals surface area contributed by atoms with Crippen LogP contribution in [0.4, 0.5) is 17.6 Å². The second-order valence-electron chi connectivity index (χ2n) is 3.45. The van der Waals surface area contributed by atoms with E-state index in [1.807, 2.05) is 0 Å². The maximum absolute atomic E-state index is 13.2.